The second-order valence-electron chi connectivity index (χ2n) is 6.05. The molecule has 1 aromatic heterocycles. The molecule has 3 aromatic carbocycles. The average molecular weight is 293 g/mol. The molecule has 0 aliphatic heterocycles. The van der Waals surface area contributed by atoms with E-state index in [0.717, 1.165) is 11.9 Å². The van der Waals surface area contributed by atoms with Gasteiger partial charge in [-0.2, -0.15) is 0 Å². The Bertz CT molecular complexity index is 1040. The Morgan fingerprint density at radius 1 is 0.609 bits per heavy atom. The van der Waals surface area contributed by atoms with Crippen LogP contribution in [0.3, 0.4) is 0 Å². The minimum absolute atomic E-state index is 1.00. The number of benzene rings is 3. The molecule has 4 aromatic rings. The van der Waals surface area contributed by atoms with Crippen molar-refractivity contribution >= 4 is 10.9 Å². The molecular weight excluding hydrogens is 278 g/mol. The molecule has 0 N–H and O–H groups in total. The van der Waals surface area contributed by atoms with Crippen LogP contribution in [0.2, 0.25) is 0 Å². The summed E-state index contributed by atoms with van der Waals surface area (Å²) in [7, 11) is 0. The van der Waals surface area contributed by atoms with Gasteiger partial charge in [-0.3, -0.25) is 4.98 Å². The fourth-order valence-electron chi connectivity index (χ4n) is 3.73. The lowest BCUT2D eigenvalue weighted by atomic mass is 9.94. The second kappa shape index (κ2) is 4.79. The van der Waals surface area contributed by atoms with Gasteiger partial charge in [-0.1, -0.05) is 66.7 Å². The van der Waals surface area contributed by atoms with Gasteiger partial charge in [-0.15, -0.1) is 0 Å². The molecule has 0 amide bonds. The summed E-state index contributed by atoms with van der Waals surface area (Å²) in [6, 6.07) is 25.9. The van der Waals surface area contributed by atoms with Crippen molar-refractivity contribution in [1.29, 1.82) is 0 Å². The molecule has 0 saturated carbocycles. The van der Waals surface area contributed by atoms with E-state index >= 15 is 0 Å². The number of pyridine rings is 1. The van der Waals surface area contributed by atoms with Gasteiger partial charge in [0.25, 0.3) is 0 Å². The highest BCUT2D eigenvalue weighted by Crippen LogP contribution is 2.42. The largest absolute Gasteiger partial charge is 0.256 e. The van der Waals surface area contributed by atoms with Gasteiger partial charge in [-0.25, -0.2) is 0 Å². The van der Waals surface area contributed by atoms with E-state index in [2.05, 4.69) is 71.7 Å². The summed E-state index contributed by atoms with van der Waals surface area (Å²) in [5.41, 5.74) is 9.20. The molecule has 0 atom stereocenters. The van der Waals surface area contributed by atoms with E-state index in [9.17, 15) is 0 Å². The molecule has 1 heterocycles. The first-order valence-electron chi connectivity index (χ1n) is 7.96. The maximum atomic E-state index is 4.63. The zero-order valence-electron chi connectivity index (χ0n) is 12.7. The van der Waals surface area contributed by atoms with Crippen LogP contribution in [-0.4, -0.2) is 4.98 Å². The fraction of sp³-hybridized carbons (Fsp3) is 0.0455. The average Bonchev–Trinajstić information content (AvgIpc) is 3.00. The molecule has 1 aliphatic carbocycles. The van der Waals surface area contributed by atoms with Crippen LogP contribution >= 0.6 is 0 Å². The lowest BCUT2D eigenvalue weighted by Gasteiger charge is -2.11. The van der Waals surface area contributed by atoms with E-state index in [-0.39, 0.29) is 0 Å². The Hall–Kier alpha value is -2.93. The molecule has 0 unspecified atom stereocenters. The molecule has 0 saturated heterocycles. The van der Waals surface area contributed by atoms with Crippen molar-refractivity contribution in [1.82, 2.24) is 4.98 Å². The van der Waals surface area contributed by atoms with Gasteiger partial charge in [-0.05, 0) is 40.3 Å². The minimum atomic E-state index is 1.00. The van der Waals surface area contributed by atoms with E-state index in [1.54, 1.807) is 0 Å². The quantitative estimate of drug-likeness (QED) is 0.399. The summed E-state index contributed by atoms with van der Waals surface area (Å²) in [4.78, 5) is 4.63. The molecule has 23 heavy (non-hydrogen) atoms. The molecule has 0 radical (unpaired) electrons. The highest BCUT2D eigenvalue weighted by molar-refractivity contribution is 5.96. The van der Waals surface area contributed by atoms with Crippen LogP contribution in [-0.2, 0) is 6.42 Å². The van der Waals surface area contributed by atoms with Gasteiger partial charge in [0, 0.05) is 17.1 Å². The maximum absolute atomic E-state index is 4.63. The number of para-hydroxylation sites is 1. The second-order valence-corrected chi connectivity index (χ2v) is 6.05. The van der Waals surface area contributed by atoms with Crippen LogP contribution in [0.1, 0.15) is 11.1 Å². The van der Waals surface area contributed by atoms with E-state index in [4.69, 9.17) is 0 Å². The van der Waals surface area contributed by atoms with Crippen molar-refractivity contribution in [2.75, 3.05) is 0 Å². The molecule has 0 spiro atoms. The Morgan fingerprint density at radius 2 is 1.30 bits per heavy atom. The van der Waals surface area contributed by atoms with Crippen LogP contribution in [0.15, 0.2) is 79.0 Å². The Labute approximate surface area is 135 Å². The number of fused-ring (bicyclic) bond motifs is 4. The molecular formula is C22H15N. The van der Waals surface area contributed by atoms with Crippen molar-refractivity contribution in [2.45, 2.75) is 6.42 Å². The van der Waals surface area contributed by atoms with E-state index in [1.165, 1.54) is 38.8 Å². The topological polar surface area (TPSA) is 12.9 Å². The number of aromatic nitrogens is 1. The van der Waals surface area contributed by atoms with Crippen LogP contribution < -0.4 is 0 Å². The molecule has 5 rings (SSSR count). The predicted molar refractivity (Wildman–Crippen MR) is 95.4 cm³/mol. The first-order chi connectivity index (χ1) is 11.4. The summed E-state index contributed by atoms with van der Waals surface area (Å²) < 4.78 is 0. The van der Waals surface area contributed by atoms with Crippen molar-refractivity contribution in [3.8, 4) is 22.3 Å². The number of rotatable bonds is 1. The number of hydrogen-bond acceptors (Lipinski definition) is 1. The Kier molecular flexibility index (Phi) is 2.62. The maximum Gasteiger partial charge on any atom is 0.0780 e. The van der Waals surface area contributed by atoms with Crippen LogP contribution in [0.25, 0.3) is 33.2 Å². The third-order valence-electron chi connectivity index (χ3n) is 4.77. The summed E-state index contributed by atoms with van der Waals surface area (Å²) in [5, 5.41) is 1.19. The third-order valence-corrected chi connectivity index (χ3v) is 4.77. The first kappa shape index (κ1) is 12.6. The summed E-state index contributed by atoms with van der Waals surface area (Å²) in [6.45, 7) is 0. The number of hydrogen-bond donors (Lipinski definition) is 0. The zero-order valence-corrected chi connectivity index (χ0v) is 12.7. The van der Waals surface area contributed by atoms with Gasteiger partial charge >= 0.3 is 0 Å². The monoisotopic (exact) mass is 293 g/mol. The summed E-state index contributed by atoms with van der Waals surface area (Å²) >= 11 is 0. The van der Waals surface area contributed by atoms with Gasteiger partial charge in [0.15, 0.2) is 0 Å². The number of nitrogens with zero attached hydrogens (tertiary/aromatic N) is 1. The van der Waals surface area contributed by atoms with Crippen molar-refractivity contribution in [3.05, 3.63) is 90.1 Å². The van der Waals surface area contributed by atoms with E-state index in [0.29, 0.717) is 0 Å². The summed E-state index contributed by atoms with van der Waals surface area (Å²) in [6.07, 6.45) is 2.88. The van der Waals surface area contributed by atoms with E-state index < -0.39 is 0 Å². The third kappa shape index (κ3) is 1.83. The molecule has 1 aliphatic rings. The van der Waals surface area contributed by atoms with Crippen LogP contribution in [0.5, 0.6) is 0 Å². The highest BCUT2D eigenvalue weighted by Gasteiger charge is 2.21. The van der Waals surface area contributed by atoms with Crippen molar-refractivity contribution in [3.63, 3.8) is 0 Å². The zero-order chi connectivity index (χ0) is 15.2. The molecule has 1 heteroatoms. The molecule has 1 nitrogen and oxygen atoms in total. The van der Waals surface area contributed by atoms with Gasteiger partial charge in [0.05, 0.1) is 5.52 Å². The van der Waals surface area contributed by atoms with Crippen LogP contribution in [0, 0.1) is 0 Å². The lowest BCUT2D eigenvalue weighted by molar-refractivity contribution is 1.26. The van der Waals surface area contributed by atoms with Crippen molar-refractivity contribution < 1.29 is 0 Å². The minimum Gasteiger partial charge on any atom is -0.256 e. The van der Waals surface area contributed by atoms with Gasteiger partial charge in [0.1, 0.15) is 0 Å². The Balaban J connectivity index is 1.80. The fourth-order valence-corrected chi connectivity index (χ4v) is 3.73. The molecule has 0 fully saturated rings. The normalized spacial score (nSPS) is 12.2. The molecule has 0 bridgehead atoms. The van der Waals surface area contributed by atoms with E-state index in [1.807, 2.05) is 12.3 Å². The molecule has 108 valence electrons. The summed E-state index contributed by atoms with van der Waals surface area (Å²) in [5.74, 6) is 0. The van der Waals surface area contributed by atoms with Gasteiger partial charge < -0.3 is 0 Å². The van der Waals surface area contributed by atoms with Crippen LogP contribution in [0.4, 0.5) is 0 Å². The van der Waals surface area contributed by atoms with Gasteiger partial charge in [0.2, 0.25) is 0 Å². The highest BCUT2D eigenvalue weighted by atomic mass is 14.6. The SMILES string of the molecule is c1ccc2c(c1)Cc1c-2cccc1-c1cccc2cccnc12. The standard InChI is InChI=1S/C22H15N/c1-2-9-17-16(6-1)14-21-18(17)10-4-11-19(21)20-12-3-7-15-8-5-13-23-22(15)20/h1-13H,14H2. The lowest BCUT2D eigenvalue weighted by Crippen LogP contribution is -1.90. The smallest absolute Gasteiger partial charge is 0.0780 e. The first-order valence-corrected chi connectivity index (χ1v) is 7.96. The predicted octanol–water partition coefficient (Wildman–Crippen LogP) is 5.47. The Morgan fingerprint density at radius 3 is 2.26 bits per heavy atom. The van der Waals surface area contributed by atoms with Crippen molar-refractivity contribution in [2.24, 2.45) is 0 Å².